The van der Waals surface area contributed by atoms with Crippen LogP contribution in [-0.4, -0.2) is 28.4 Å². The highest BCUT2D eigenvalue weighted by atomic mass is 32.1. The molecule has 2 unspecified atom stereocenters. The van der Waals surface area contributed by atoms with Crippen LogP contribution < -0.4 is 5.73 Å². The molecule has 0 spiro atoms. The predicted octanol–water partition coefficient (Wildman–Crippen LogP) is 2.19. The van der Waals surface area contributed by atoms with E-state index in [2.05, 4.69) is 13.8 Å². The third-order valence-electron chi connectivity index (χ3n) is 3.46. The van der Waals surface area contributed by atoms with Gasteiger partial charge >= 0.3 is 0 Å². The van der Waals surface area contributed by atoms with E-state index in [4.69, 9.17) is 18.0 Å². The zero-order chi connectivity index (χ0) is 13.3. The van der Waals surface area contributed by atoms with E-state index in [0.717, 1.165) is 18.5 Å². The summed E-state index contributed by atoms with van der Waals surface area (Å²) in [6.07, 6.45) is 1.08. The molecule has 0 radical (unpaired) electrons. The minimum Gasteiger partial charge on any atom is -0.389 e. The first-order valence-electron chi connectivity index (χ1n) is 6.20. The first kappa shape index (κ1) is 13.0. The zero-order valence-corrected chi connectivity index (χ0v) is 11.5. The monoisotopic (exact) mass is 262 g/mol. The molecule has 1 aliphatic rings. The van der Waals surface area contributed by atoms with Gasteiger partial charge in [-0.2, -0.15) is 0 Å². The molecule has 0 aliphatic carbocycles. The van der Waals surface area contributed by atoms with E-state index in [-0.39, 0.29) is 5.91 Å². The number of thiocarbonyl (C=S) groups is 1. The molecule has 2 N–H and O–H groups in total. The Kier molecular flexibility index (Phi) is 3.66. The smallest absolute Gasteiger partial charge is 0.254 e. The summed E-state index contributed by atoms with van der Waals surface area (Å²) in [6, 6.07) is 7.53. The highest BCUT2D eigenvalue weighted by Gasteiger charge is 2.30. The van der Waals surface area contributed by atoms with Crippen LogP contribution in [0.2, 0.25) is 0 Å². The second-order valence-electron chi connectivity index (χ2n) is 5.09. The van der Waals surface area contributed by atoms with Crippen molar-refractivity contribution in [1.29, 1.82) is 0 Å². The third kappa shape index (κ3) is 2.53. The van der Waals surface area contributed by atoms with Gasteiger partial charge in [0.25, 0.3) is 5.91 Å². The van der Waals surface area contributed by atoms with E-state index in [0.29, 0.717) is 22.5 Å². The molecule has 1 heterocycles. The largest absolute Gasteiger partial charge is 0.389 e. The molecule has 1 aromatic carbocycles. The van der Waals surface area contributed by atoms with E-state index < -0.39 is 0 Å². The van der Waals surface area contributed by atoms with Crippen LogP contribution in [0.25, 0.3) is 0 Å². The van der Waals surface area contributed by atoms with Crippen molar-refractivity contribution >= 4 is 23.1 Å². The minimum atomic E-state index is 0.0985. The number of rotatable bonds is 2. The highest BCUT2D eigenvalue weighted by molar-refractivity contribution is 7.80. The molecule has 1 fully saturated rings. The standard InChI is InChI=1S/C14H18N2OS/c1-9-7-10(2)16(8-9)14(17)12-5-3-11(4-6-12)13(15)18/h3-6,9-10H,7-8H2,1-2H3,(H2,15,18). The number of likely N-dealkylation sites (tertiary alicyclic amines) is 1. The van der Waals surface area contributed by atoms with E-state index in [1.165, 1.54) is 0 Å². The first-order chi connectivity index (χ1) is 8.49. The molecule has 1 aliphatic heterocycles. The van der Waals surface area contributed by atoms with Gasteiger partial charge in [-0.15, -0.1) is 0 Å². The fraction of sp³-hybridized carbons (Fsp3) is 0.429. The Balaban J connectivity index is 2.16. The lowest BCUT2D eigenvalue weighted by atomic mass is 10.1. The number of hydrogen-bond acceptors (Lipinski definition) is 2. The molecule has 2 atom stereocenters. The Morgan fingerprint density at radius 1 is 1.28 bits per heavy atom. The zero-order valence-electron chi connectivity index (χ0n) is 10.7. The van der Waals surface area contributed by atoms with Gasteiger partial charge in [-0.05, 0) is 31.4 Å². The van der Waals surface area contributed by atoms with Crippen LogP contribution in [0.5, 0.6) is 0 Å². The average Bonchev–Trinajstić information content (AvgIpc) is 2.67. The maximum absolute atomic E-state index is 12.3. The maximum atomic E-state index is 12.3. The lowest BCUT2D eigenvalue weighted by Gasteiger charge is -2.21. The Morgan fingerprint density at radius 2 is 1.83 bits per heavy atom. The molecular weight excluding hydrogens is 244 g/mol. The summed E-state index contributed by atoms with van der Waals surface area (Å²) in [4.78, 5) is 14.6. The van der Waals surface area contributed by atoms with Crippen molar-refractivity contribution in [2.45, 2.75) is 26.3 Å². The van der Waals surface area contributed by atoms with Gasteiger partial charge in [0.2, 0.25) is 0 Å². The Labute approximate surface area is 113 Å². The summed E-state index contributed by atoms with van der Waals surface area (Å²) in [5, 5.41) is 0. The third-order valence-corrected chi connectivity index (χ3v) is 3.70. The van der Waals surface area contributed by atoms with E-state index in [1.807, 2.05) is 4.90 Å². The summed E-state index contributed by atoms with van der Waals surface area (Å²) < 4.78 is 0. The summed E-state index contributed by atoms with van der Waals surface area (Å²) in [5.41, 5.74) is 7.04. The molecule has 96 valence electrons. The highest BCUT2D eigenvalue weighted by Crippen LogP contribution is 2.24. The van der Waals surface area contributed by atoms with Crippen molar-refractivity contribution in [3.05, 3.63) is 35.4 Å². The van der Waals surface area contributed by atoms with Gasteiger partial charge in [-0.1, -0.05) is 31.3 Å². The lowest BCUT2D eigenvalue weighted by molar-refractivity contribution is 0.0744. The van der Waals surface area contributed by atoms with E-state index >= 15 is 0 Å². The van der Waals surface area contributed by atoms with Crippen LogP contribution in [0.3, 0.4) is 0 Å². The quantitative estimate of drug-likeness (QED) is 0.831. The van der Waals surface area contributed by atoms with Crippen LogP contribution >= 0.6 is 12.2 Å². The summed E-state index contributed by atoms with van der Waals surface area (Å²) >= 11 is 4.89. The molecule has 0 bridgehead atoms. The van der Waals surface area contributed by atoms with Crippen molar-refractivity contribution < 1.29 is 4.79 Å². The number of hydrogen-bond donors (Lipinski definition) is 1. The number of benzene rings is 1. The number of carbonyl (C=O) groups is 1. The molecule has 0 aromatic heterocycles. The summed E-state index contributed by atoms with van der Waals surface area (Å²) in [6.45, 7) is 5.13. The van der Waals surface area contributed by atoms with Gasteiger partial charge < -0.3 is 10.6 Å². The molecule has 0 saturated carbocycles. The molecule has 3 nitrogen and oxygen atoms in total. The van der Waals surface area contributed by atoms with Crippen LogP contribution in [0.15, 0.2) is 24.3 Å². The molecule has 1 aromatic rings. The molecule has 4 heteroatoms. The number of nitrogens with zero attached hydrogens (tertiary/aromatic N) is 1. The first-order valence-corrected chi connectivity index (χ1v) is 6.60. The minimum absolute atomic E-state index is 0.0985. The number of amides is 1. The van der Waals surface area contributed by atoms with Crippen LogP contribution in [0.4, 0.5) is 0 Å². The predicted molar refractivity (Wildman–Crippen MR) is 76.6 cm³/mol. The SMILES string of the molecule is CC1CC(C)N(C(=O)c2ccc(C(N)=S)cc2)C1. The number of carbonyl (C=O) groups excluding carboxylic acids is 1. The van der Waals surface area contributed by atoms with Crippen molar-refractivity contribution in [2.75, 3.05) is 6.54 Å². The Hall–Kier alpha value is -1.42. The molecular formula is C14H18N2OS. The van der Waals surface area contributed by atoms with E-state index in [1.54, 1.807) is 24.3 Å². The molecule has 1 saturated heterocycles. The second kappa shape index (κ2) is 5.06. The van der Waals surface area contributed by atoms with Gasteiger partial charge in [0.05, 0.1) is 0 Å². The molecule has 18 heavy (non-hydrogen) atoms. The van der Waals surface area contributed by atoms with Gasteiger partial charge in [0.15, 0.2) is 0 Å². The van der Waals surface area contributed by atoms with Crippen LogP contribution in [0, 0.1) is 5.92 Å². The Bertz CT molecular complexity index is 469. The second-order valence-corrected chi connectivity index (χ2v) is 5.53. The summed E-state index contributed by atoms with van der Waals surface area (Å²) in [7, 11) is 0. The van der Waals surface area contributed by atoms with Crippen molar-refractivity contribution in [3.8, 4) is 0 Å². The fourth-order valence-electron chi connectivity index (χ4n) is 2.53. The normalized spacial score (nSPS) is 23.1. The molecule has 1 amide bonds. The molecule has 2 rings (SSSR count). The number of nitrogens with two attached hydrogens (primary N) is 1. The lowest BCUT2D eigenvalue weighted by Crippen LogP contribution is -2.33. The van der Waals surface area contributed by atoms with Crippen molar-refractivity contribution in [3.63, 3.8) is 0 Å². The average molecular weight is 262 g/mol. The summed E-state index contributed by atoms with van der Waals surface area (Å²) in [5.74, 6) is 0.682. The van der Waals surface area contributed by atoms with Crippen molar-refractivity contribution in [2.24, 2.45) is 11.7 Å². The van der Waals surface area contributed by atoms with Gasteiger partial charge in [-0.25, -0.2) is 0 Å². The Morgan fingerprint density at radius 3 is 2.28 bits per heavy atom. The fourth-order valence-corrected chi connectivity index (χ4v) is 2.66. The van der Waals surface area contributed by atoms with Crippen LogP contribution in [0.1, 0.15) is 36.2 Å². The van der Waals surface area contributed by atoms with Crippen molar-refractivity contribution in [1.82, 2.24) is 4.90 Å². The topological polar surface area (TPSA) is 46.3 Å². The maximum Gasteiger partial charge on any atom is 0.254 e. The van der Waals surface area contributed by atoms with Gasteiger partial charge in [0, 0.05) is 23.7 Å². The van der Waals surface area contributed by atoms with E-state index in [9.17, 15) is 4.79 Å². The van der Waals surface area contributed by atoms with Crippen LogP contribution in [-0.2, 0) is 0 Å². The van der Waals surface area contributed by atoms with Gasteiger partial charge in [0.1, 0.15) is 4.99 Å². The van der Waals surface area contributed by atoms with Gasteiger partial charge in [-0.3, -0.25) is 4.79 Å².